The zero-order valence-corrected chi connectivity index (χ0v) is 18.4. The fourth-order valence-corrected chi connectivity index (χ4v) is 3.53. The topological polar surface area (TPSA) is 81.8 Å². The molecule has 3 aromatic carbocycles. The molecule has 0 aliphatic heterocycles. The molecule has 4 aromatic rings. The number of ether oxygens (including phenoxy) is 4. The van der Waals surface area contributed by atoms with Crippen LogP contribution in [0.25, 0.3) is 10.9 Å². The molecule has 0 unspecified atom stereocenters. The summed E-state index contributed by atoms with van der Waals surface area (Å²) in [5.41, 5.74) is 1.40. The van der Waals surface area contributed by atoms with Gasteiger partial charge in [-0.1, -0.05) is 35.9 Å². The molecule has 164 valence electrons. The number of carbonyl (C=O) groups is 1. The summed E-state index contributed by atoms with van der Waals surface area (Å²) in [5, 5.41) is 4.04. The summed E-state index contributed by atoms with van der Waals surface area (Å²) < 4.78 is 22.2. The van der Waals surface area contributed by atoms with E-state index in [9.17, 15) is 4.79 Å². The summed E-state index contributed by atoms with van der Waals surface area (Å²) >= 11 is 6.20. The van der Waals surface area contributed by atoms with E-state index < -0.39 is 0 Å². The van der Waals surface area contributed by atoms with Gasteiger partial charge in [0.1, 0.15) is 17.2 Å². The van der Waals surface area contributed by atoms with E-state index in [1.54, 1.807) is 49.6 Å². The van der Waals surface area contributed by atoms with Crippen molar-refractivity contribution in [3.05, 3.63) is 71.4 Å². The molecular weight excluding hydrogens is 432 g/mol. The number of hydrogen-bond donors (Lipinski definition) is 2. The summed E-state index contributed by atoms with van der Waals surface area (Å²) in [6.45, 7) is 0. The maximum absolute atomic E-state index is 13.1. The standard InChI is InChI=1S/C24H21ClN2O5/c1-29-20-13-21(30-2)23(31-3)22-14(20)12-17(26-22)24(28)27-16-9-5-7-11-19(16)32-18-10-6-4-8-15(18)25/h4-13,26H,1-3H3,(H,27,28). The van der Waals surface area contributed by atoms with Gasteiger partial charge < -0.3 is 29.2 Å². The van der Waals surface area contributed by atoms with Crippen LogP contribution in [-0.4, -0.2) is 32.2 Å². The van der Waals surface area contributed by atoms with E-state index in [1.807, 2.05) is 18.2 Å². The van der Waals surface area contributed by atoms with E-state index in [1.165, 1.54) is 14.2 Å². The molecule has 32 heavy (non-hydrogen) atoms. The van der Waals surface area contributed by atoms with Gasteiger partial charge in [0, 0.05) is 11.5 Å². The van der Waals surface area contributed by atoms with E-state index in [-0.39, 0.29) is 5.91 Å². The third-order valence-corrected chi connectivity index (χ3v) is 5.19. The van der Waals surface area contributed by atoms with Gasteiger partial charge >= 0.3 is 0 Å². The van der Waals surface area contributed by atoms with Gasteiger partial charge in [-0.25, -0.2) is 0 Å². The Kier molecular flexibility index (Phi) is 6.09. The van der Waals surface area contributed by atoms with Crippen molar-refractivity contribution < 1.29 is 23.7 Å². The van der Waals surface area contributed by atoms with Crippen molar-refractivity contribution in [1.29, 1.82) is 0 Å². The Balaban J connectivity index is 1.67. The van der Waals surface area contributed by atoms with Crippen molar-refractivity contribution in [1.82, 2.24) is 4.98 Å². The lowest BCUT2D eigenvalue weighted by Gasteiger charge is -2.12. The van der Waals surface area contributed by atoms with E-state index in [2.05, 4.69) is 10.3 Å². The molecule has 0 aliphatic rings. The van der Waals surface area contributed by atoms with Crippen LogP contribution in [0.2, 0.25) is 5.02 Å². The van der Waals surface area contributed by atoms with Crippen molar-refractivity contribution in [2.45, 2.75) is 0 Å². The Bertz CT molecular complexity index is 1280. The molecule has 0 spiro atoms. The normalized spacial score (nSPS) is 10.6. The van der Waals surface area contributed by atoms with Crippen LogP contribution in [0.3, 0.4) is 0 Å². The Hall–Kier alpha value is -3.84. The number of halogens is 1. The number of fused-ring (bicyclic) bond motifs is 1. The van der Waals surface area contributed by atoms with E-state index in [4.69, 9.17) is 30.5 Å². The van der Waals surface area contributed by atoms with E-state index >= 15 is 0 Å². The summed E-state index contributed by atoms with van der Waals surface area (Å²) in [4.78, 5) is 16.2. The first kappa shape index (κ1) is 21.4. The van der Waals surface area contributed by atoms with Gasteiger partial charge in [0.2, 0.25) is 0 Å². The van der Waals surface area contributed by atoms with Crippen molar-refractivity contribution in [3.63, 3.8) is 0 Å². The van der Waals surface area contributed by atoms with Gasteiger partial charge in [-0.15, -0.1) is 0 Å². The van der Waals surface area contributed by atoms with Crippen LogP contribution in [0.15, 0.2) is 60.7 Å². The smallest absolute Gasteiger partial charge is 0.272 e. The van der Waals surface area contributed by atoms with Crippen LogP contribution in [0, 0.1) is 0 Å². The Morgan fingerprint density at radius 1 is 0.844 bits per heavy atom. The highest BCUT2D eigenvalue weighted by atomic mass is 35.5. The molecule has 2 N–H and O–H groups in total. The quantitative estimate of drug-likeness (QED) is 0.365. The highest BCUT2D eigenvalue weighted by molar-refractivity contribution is 6.32. The predicted octanol–water partition coefficient (Wildman–Crippen LogP) is 5.89. The molecule has 0 atom stereocenters. The van der Waals surface area contributed by atoms with Crippen molar-refractivity contribution in [2.75, 3.05) is 26.6 Å². The lowest BCUT2D eigenvalue weighted by Crippen LogP contribution is -2.12. The fourth-order valence-electron chi connectivity index (χ4n) is 3.35. The lowest BCUT2D eigenvalue weighted by atomic mass is 10.2. The molecule has 8 heteroatoms. The first-order valence-electron chi connectivity index (χ1n) is 9.70. The fraction of sp³-hybridized carbons (Fsp3) is 0.125. The number of hydrogen-bond acceptors (Lipinski definition) is 5. The molecule has 0 aliphatic carbocycles. The zero-order chi connectivity index (χ0) is 22.7. The molecule has 0 fully saturated rings. The number of nitrogens with one attached hydrogen (secondary N) is 2. The second kappa shape index (κ2) is 9.11. The maximum Gasteiger partial charge on any atom is 0.272 e. The van der Waals surface area contributed by atoms with Crippen LogP contribution in [0.1, 0.15) is 10.5 Å². The van der Waals surface area contributed by atoms with Gasteiger partial charge in [-0.05, 0) is 30.3 Å². The van der Waals surface area contributed by atoms with Crippen LogP contribution in [0.5, 0.6) is 28.7 Å². The average Bonchev–Trinajstić information content (AvgIpc) is 3.26. The number of aromatic amines is 1. The molecule has 0 saturated carbocycles. The number of anilines is 1. The Labute approximate surface area is 189 Å². The average molecular weight is 453 g/mol. The molecule has 7 nitrogen and oxygen atoms in total. The Morgan fingerprint density at radius 3 is 2.22 bits per heavy atom. The summed E-state index contributed by atoms with van der Waals surface area (Å²) in [6.07, 6.45) is 0. The molecule has 4 rings (SSSR count). The number of para-hydroxylation sites is 3. The molecule has 1 amide bonds. The van der Waals surface area contributed by atoms with Gasteiger partial charge in [0.15, 0.2) is 17.2 Å². The minimum atomic E-state index is -0.362. The van der Waals surface area contributed by atoms with Crippen LogP contribution in [-0.2, 0) is 0 Å². The van der Waals surface area contributed by atoms with Gasteiger partial charge in [0.25, 0.3) is 5.91 Å². The third-order valence-electron chi connectivity index (χ3n) is 4.88. The highest BCUT2D eigenvalue weighted by Gasteiger charge is 2.20. The van der Waals surface area contributed by atoms with Gasteiger partial charge in [0.05, 0.1) is 37.6 Å². The number of amides is 1. The molecule has 0 bridgehead atoms. The second-order valence-corrected chi connectivity index (χ2v) is 7.18. The zero-order valence-electron chi connectivity index (χ0n) is 17.7. The van der Waals surface area contributed by atoms with Gasteiger partial charge in [-0.2, -0.15) is 0 Å². The van der Waals surface area contributed by atoms with Crippen LogP contribution in [0.4, 0.5) is 5.69 Å². The minimum Gasteiger partial charge on any atom is -0.496 e. The molecule has 0 radical (unpaired) electrons. The number of H-pyrrole nitrogens is 1. The third kappa shape index (κ3) is 4.02. The predicted molar refractivity (Wildman–Crippen MR) is 124 cm³/mol. The Morgan fingerprint density at radius 2 is 1.53 bits per heavy atom. The number of benzene rings is 3. The summed E-state index contributed by atoms with van der Waals surface area (Å²) in [5.74, 6) is 2.11. The first-order valence-corrected chi connectivity index (χ1v) is 10.1. The monoisotopic (exact) mass is 452 g/mol. The number of rotatable bonds is 7. The van der Waals surface area contributed by atoms with Crippen LogP contribution < -0.4 is 24.3 Å². The van der Waals surface area contributed by atoms with E-state index in [0.29, 0.717) is 56.1 Å². The minimum absolute atomic E-state index is 0.317. The van der Waals surface area contributed by atoms with Crippen LogP contribution >= 0.6 is 11.6 Å². The lowest BCUT2D eigenvalue weighted by molar-refractivity contribution is 0.102. The highest BCUT2D eigenvalue weighted by Crippen LogP contribution is 2.41. The first-order chi connectivity index (χ1) is 15.5. The molecule has 1 aromatic heterocycles. The summed E-state index contributed by atoms with van der Waals surface area (Å²) in [6, 6.07) is 17.6. The van der Waals surface area contributed by atoms with Crippen molar-refractivity contribution >= 4 is 34.1 Å². The SMILES string of the molecule is COc1cc(OC)c2cc(C(=O)Nc3ccccc3Oc3ccccc3Cl)[nH]c2c1OC. The number of carbonyl (C=O) groups excluding carboxylic acids is 1. The largest absolute Gasteiger partial charge is 0.496 e. The second-order valence-electron chi connectivity index (χ2n) is 6.77. The van der Waals surface area contributed by atoms with Crippen molar-refractivity contribution in [3.8, 4) is 28.7 Å². The molecular formula is C24H21ClN2O5. The number of methoxy groups -OCH3 is 3. The number of aromatic nitrogens is 1. The maximum atomic E-state index is 13.1. The molecule has 1 heterocycles. The molecule has 0 saturated heterocycles. The van der Waals surface area contributed by atoms with E-state index in [0.717, 1.165) is 0 Å². The van der Waals surface area contributed by atoms with Gasteiger partial charge in [-0.3, -0.25) is 4.79 Å². The summed E-state index contributed by atoms with van der Waals surface area (Å²) in [7, 11) is 4.62. The van der Waals surface area contributed by atoms with Crippen molar-refractivity contribution in [2.24, 2.45) is 0 Å².